The number of hydrogen-bond donors (Lipinski definition) is 0. The van der Waals surface area contributed by atoms with Gasteiger partial charge in [-0.2, -0.15) is 23.4 Å². The number of nitrogens with zero attached hydrogens (tertiary/aromatic N) is 5. The van der Waals surface area contributed by atoms with Crippen LogP contribution in [0, 0.1) is 0 Å². The second-order valence-electron chi connectivity index (χ2n) is 9.46. The van der Waals surface area contributed by atoms with Crippen LogP contribution in [-0.2, 0) is 23.8 Å². The minimum absolute atomic E-state index is 0.00677. The maximum Gasteiger partial charge on any atom is 0.418 e. The average molecular weight is 488 g/mol. The predicted molar refractivity (Wildman–Crippen MR) is 124 cm³/mol. The first-order chi connectivity index (χ1) is 16.8. The molecule has 2 aliphatic rings. The normalized spacial score (nSPS) is 19.1. The van der Waals surface area contributed by atoms with Gasteiger partial charge in [-0.15, -0.1) is 0 Å². The molecule has 0 saturated heterocycles. The molecule has 1 aliphatic carbocycles. The lowest BCUT2D eigenvalue weighted by Gasteiger charge is -2.34. The number of rotatable bonds is 3. The summed E-state index contributed by atoms with van der Waals surface area (Å²) in [5.41, 5.74) is 2.90. The van der Waals surface area contributed by atoms with E-state index in [1.54, 1.807) is 4.90 Å². The number of amides is 1. The summed E-state index contributed by atoms with van der Waals surface area (Å²) in [6, 6.07) is 5.19. The van der Waals surface area contributed by atoms with E-state index in [0.29, 0.717) is 5.82 Å². The first-order valence-corrected chi connectivity index (χ1v) is 12.1. The zero-order chi connectivity index (χ0) is 24.7. The summed E-state index contributed by atoms with van der Waals surface area (Å²) in [5, 5.41) is 7.57. The van der Waals surface area contributed by atoms with E-state index >= 15 is 0 Å². The van der Waals surface area contributed by atoms with Crippen LogP contribution in [0.5, 0.6) is 0 Å². The van der Waals surface area contributed by atoms with Crippen LogP contribution >= 0.6 is 0 Å². The Labute approximate surface area is 201 Å². The number of carbonyl (C=O) groups is 1. The van der Waals surface area contributed by atoms with Crippen molar-refractivity contribution in [3.8, 4) is 0 Å². The Morgan fingerprint density at radius 2 is 1.94 bits per heavy atom. The number of alkyl halides is 3. The van der Waals surface area contributed by atoms with Gasteiger partial charge in [-0.25, -0.2) is 9.78 Å². The van der Waals surface area contributed by atoms with Crippen LogP contribution < -0.4 is 4.90 Å². The van der Waals surface area contributed by atoms with Crippen LogP contribution in [0.15, 0.2) is 24.4 Å². The van der Waals surface area contributed by atoms with Gasteiger partial charge in [-0.1, -0.05) is 19.3 Å². The molecule has 7 nitrogen and oxygen atoms in total. The van der Waals surface area contributed by atoms with Crippen molar-refractivity contribution in [2.45, 2.75) is 76.6 Å². The van der Waals surface area contributed by atoms with Gasteiger partial charge < -0.3 is 9.30 Å². The summed E-state index contributed by atoms with van der Waals surface area (Å²) in [6.07, 6.45) is 2.89. The number of halogens is 3. The number of hydrogen-bond acceptors (Lipinski definition) is 5. The third-order valence-electron chi connectivity index (χ3n) is 7.21. The van der Waals surface area contributed by atoms with Crippen LogP contribution in [0.1, 0.15) is 74.1 Å². The number of aromatic nitrogens is 4. The first-order valence-electron chi connectivity index (χ1n) is 12.1. The second-order valence-corrected chi connectivity index (χ2v) is 9.46. The molecule has 0 spiro atoms. The highest BCUT2D eigenvalue weighted by Crippen LogP contribution is 2.40. The fourth-order valence-electron chi connectivity index (χ4n) is 5.51. The number of fused-ring (bicyclic) bond motifs is 3. The van der Waals surface area contributed by atoms with Crippen molar-refractivity contribution in [3.63, 3.8) is 0 Å². The van der Waals surface area contributed by atoms with Gasteiger partial charge in [0.25, 0.3) is 0 Å². The quantitative estimate of drug-likeness (QED) is 0.464. The van der Waals surface area contributed by atoms with Gasteiger partial charge in [-0.3, -0.25) is 4.90 Å². The fraction of sp³-hybridized carbons (Fsp3) is 0.520. The van der Waals surface area contributed by atoms with Crippen LogP contribution in [-0.4, -0.2) is 39.0 Å². The number of ether oxygens (including phenoxy) is 1. The van der Waals surface area contributed by atoms with Gasteiger partial charge in [0.05, 0.1) is 47.7 Å². The van der Waals surface area contributed by atoms with Crippen molar-refractivity contribution in [1.29, 1.82) is 0 Å². The van der Waals surface area contributed by atoms with E-state index in [1.807, 2.05) is 19.1 Å². The molecule has 3 heterocycles. The standard InChI is InChI=1S/C25H28F3N5O2/c1-15-8-9-19-20(32(15)24(34)35-2)10-11-21-23(19)30-22(33(21)18-6-4-3-5-7-18)13-17-12-16(14-29-31-17)25(26,27)28/h10-12,14-15,18H,3-9,13H2,1-2H3/t15-/m0/s1. The van der Waals surface area contributed by atoms with Gasteiger partial charge in [0.15, 0.2) is 0 Å². The van der Waals surface area contributed by atoms with Gasteiger partial charge >= 0.3 is 12.3 Å². The molecule has 186 valence electrons. The number of carbonyl (C=O) groups excluding carboxylic acids is 1. The number of imidazole rings is 1. The molecule has 0 radical (unpaired) electrons. The minimum Gasteiger partial charge on any atom is -0.452 e. The van der Waals surface area contributed by atoms with Crippen molar-refractivity contribution < 1.29 is 22.7 Å². The zero-order valence-corrected chi connectivity index (χ0v) is 19.8. The van der Waals surface area contributed by atoms with E-state index in [0.717, 1.165) is 73.1 Å². The first kappa shape index (κ1) is 23.6. The smallest absolute Gasteiger partial charge is 0.418 e. The molecule has 10 heteroatoms. The molecular weight excluding hydrogens is 459 g/mol. The average Bonchev–Trinajstić information content (AvgIpc) is 3.21. The molecular formula is C25H28F3N5O2. The second kappa shape index (κ2) is 9.13. The summed E-state index contributed by atoms with van der Waals surface area (Å²) in [7, 11) is 1.37. The lowest BCUT2D eigenvalue weighted by Crippen LogP contribution is -2.42. The van der Waals surface area contributed by atoms with Crippen LogP contribution in [0.4, 0.5) is 23.7 Å². The van der Waals surface area contributed by atoms with Crippen LogP contribution in [0.3, 0.4) is 0 Å². The highest BCUT2D eigenvalue weighted by molar-refractivity contribution is 5.95. The molecule has 35 heavy (non-hydrogen) atoms. The van der Waals surface area contributed by atoms with E-state index in [4.69, 9.17) is 9.72 Å². The van der Waals surface area contributed by atoms with Crippen LogP contribution in [0.25, 0.3) is 11.0 Å². The zero-order valence-electron chi connectivity index (χ0n) is 19.8. The third kappa shape index (κ3) is 4.34. The number of anilines is 1. The van der Waals surface area contributed by atoms with E-state index in [2.05, 4.69) is 14.8 Å². The maximum atomic E-state index is 13.3. The SMILES string of the molecule is COC(=O)N1c2ccc3c(nc(Cc4cc(C(F)(F)F)cnn4)n3C3CCCCC3)c2CC[C@@H]1C. The Hall–Kier alpha value is -3.17. The topological polar surface area (TPSA) is 73.1 Å². The molecule has 2 aromatic heterocycles. The predicted octanol–water partition coefficient (Wildman–Crippen LogP) is 5.85. The van der Waals surface area contributed by atoms with Crippen LogP contribution in [0.2, 0.25) is 0 Å². The summed E-state index contributed by atoms with van der Waals surface area (Å²) >= 11 is 0. The summed E-state index contributed by atoms with van der Waals surface area (Å²) in [6.45, 7) is 1.99. The number of benzene rings is 1. The Balaban J connectivity index is 1.64. The minimum atomic E-state index is -4.48. The molecule has 0 bridgehead atoms. The Morgan fingerprint density at radius 1 is 1.17 bits per heavy atom. The van der Waals surface area contributed by atoms with E-state index in [-0.39, 0.29) is 24.2 Å². The Kier molecular flexibility index (Phi) is 6.14. The largest absolute Gasteiger partial charge is 0.452 e. The summed E-state index contributed by atoms with van der Waals surface area (Å²) in [4.78, 5) is 19.2. The molecule has 1 fully saturated rings. The van der Waals surface area contributed by atoms with Crippen molar-refractivity contribution in [3.05, 3.63) is 47.0 Å². The van der Waals surface area contributed by atoms with Crippen molar-refractivity contribution in [2.75, 3.05) is 12.0 Å². The highest BCUT2D eigenvalue weighted by atomic mass is 19.4. The maximum absolute atomic E-state index is 13.3. The lowest BCUT2D eigenvalue weighted by molar-refractivity contribution is -0.138. The molecule has 0 unspecified atom stereocenters. The number of aryl methyl sites for hydroxylation is 1. The van der Waals surface area contributed by atoms with Crippen molar-refractivity contribution >= 4 is 22.8 Å². The monoisotopic (exact) mass is 487 g/mol. The fourth-order valence-corrected chi connectivity index (χ4v) is 5.51. The van der Waals surface area contributed by atoms with Gasteiger partial charge in [0, 0.05) is 17.6 Å². The van der Waals surface area contributed by atoms with E-state index < -0.39 is 17.8 Å². The van der Waals surface area contributed by atoms with E-state index in [1.165, 1.54) is 13.5 Å². The summed E-state index contributed by atoms with van der Waals surface area (Å²) < 4.78 is 47.0. The van der Waals surface area contributed by atoms with Crippen molar-refractivity contribution in [1.82, 2.24) is 19.7 Å². The molecule has 1 aliphatic heterocycles. The molecule has 1 amide bonds. The molecule has 0 N–H and O–H groups in total. The van der Waals surface area contributed by atoms with Gasteiger partial charge in [0.1, 0.15) is 5.82 Å². The molecule has 5 rings (SSSR count). The summed E-state index contributed by atoms with van der Waals surface area (Å²) in [5.74, 6) is 0.678. The highest BCUT2D eigenvalue weighted by Gasteiger charge is 2.33. The number of methoxy groups -OCH3 is 1. The lowest BCUT2D eigenvalue weighted by atomic mass is 9.94. The van der Waals surface area contributed by atoms with E-state index in [9.17, 15) is 18.0 Å². The molecule has 3 aromatic rings. The molecule has 1 saturated carbocycles. The molecule has 1 aromatic carbocycles. The van der Waals surface area contributed by atoms with Gasteiger partial charge in [0.2, 0.25) is 0 Å². The Morgan fingerprint density at radius 3 is 2.66 bits per heavy atom. The van der Waals surface area contributed by atoms with Gasteiger partial charge in [-0.05, 0) is 50.8 Å². The van der Waals surface area contributed by atoms with Crippen molar-refractivity contribution in [2.24, 2.45) is 0 Å². The Bertz CT molecular complexity index is 1250. The third-order valence-corrected chi connectivity index (χ3v) is 7.21. The molecule has 1 atom stereocenters.